The van der Waals surface area contributed by atoms with Gasteiger partial charge in [0, 0.05) is 46.2 Å². The van der Waals surface area contributed by atoms with Crippen LogP contribution in [0, 0.1) is 5.41 Å². The van der Waals surface area contributed by atoms with E-state index in [1.54, 1.807) is 7.11 Å². The van der Waals surface area contributed by atoms with Crippen molar-refractivity contribution in [2.45, 2.75) is 32.1 Å². The smallest absolute Gasteiger partial charge is 0.222 e. The van der Waals surface area contributed by atoms with Crippen LogP contribution in [0.2, 0.25) is 0 Å². The molecule has 0 aliphatic carbocycles. The maximum absolute atomic E-state index is 11.9. The van der Waals surface area contributed by atoms with E-state index >= 15 is 0 Å². The molecule has 2 heterocycles. The summed E-state index contributed by atoms with van der Waals surface area (Å²) in [6, 6.07) is 0. The van der Waals surface area contributed by atoms with Crippen molar-refractivity contribution in [1.82, 2.24) is 10.2 Å². The van der Waals surface area contributed by atoms with Crippen molar-refractivity contribution < 1.29 is 14.3 Å². The van der Waals surface area contributed by atoms with Crippen LogP contribution in [0.5, 0.6) is 0 Å². The SMILES string of the molecule is COCCCC(=O)N1CCC2(CC1)CNC(=O)C2. The summed E-state index contributed by atoms with van der Waals surface area (Å²) in [6.07, 6.45) is 3.89. The number of ether oxygens (including phenoxy) is 1. The molecule has 18 heavy (non-hydrogen) atoms. The number of carbonyl (C=O) groups is 2. The van der Waals surface area contributed by atoms with Crippen LogP contribution in [0.4, 0.5) is 0 Å². The summed E-state index contributed by atoms with van der Waals surface area (Å²) in [6.45, 7) is 3.01. The average Bonchev–Trinajstić information content (AvgIpc) is 2.72. The zero-order chi connectivity index (χ0) is 13.0. The number of nitrogens with one attached hydrogen (secondary N) is 1. The van der Waals surface area contributed by atoms with E-state index in [-0.39, 0.29) is 17.2 Å². The first kappa shape index (κ1) is 13.3. The van der Waals surface area contributed by atoms with Crippen molar-refractivity contribution in [2.24, 2.45) is 5.41 Å². The lowest BCUT2D eigenvalue weighted by Gasteiger charge is -2.38. The van der Waals surface area contributed by atoms with Gasteiger partial charge in [0.05, 0.1) is 0 Å². The Bertz CT molecular complexity index is 322. The number of methoxy groups -OCH3 is 1. The normalized spacial score (nSPS) is 22.3. The zero-order valence-electron chi connectivity index (χ0n) is 11.0. The highest BCUT2D eigenvalue weighted by Gasteiger charge is 2.41. The van der Waals surface area contributed by atoms with Crippen molar-refractivity contribution >= 4 is 11.8 Å². The predicted octanol–water partition coefficient (Wildman–Crippen LogP) is 0.542. The van der Waals surface area contributed by atoms with E-state index in [1.807, 2.05) is 4.90 Å². The van der Waals surface area contributed by atoms with Gasteiger partial charge in [0.1, 0.15) is 0 Å². The minimum Gasteiger partial charge on any atom is -0.385 e. The molecule has 5 heteroatoms. The lowest BCUT2D eigenvalue weighted by Crippen LogP contribution is -2.44. The topological polar surface area (TPSA) is 58.6 Å². The Kier molecular flexibility index (Phi) is 4.22. The molecule has 2 aliphatic heterocycles. The van der Waals surface area contributed by atoms with Gasteiger partial charge in [-0.1, -0.05) is 0 Å². The van der Waals surface area contributed by atoms with Crippen LogP contribution in [0.3, 0.4) is 0 Å². The number of likely N-dealkylation sites (tertiary alicyclic amines) is 1. The van der Waals surface area contributed by atoms with E-state index in [9.17, 15) is 9.59 Å². The number of nitrogens with zero attached hydrogens (tertiary/aromatic N) is 1. The van der Waals surface area contributed by atoms with E-state index in [1.165, 1.54) is 0 Å². The van der Waals surface area contributed by atoms with Crippen LogP contribution >= 0.6 is 0 Å². The van der Waals surface area contributed by atoms with Gasteiger partial charge >= 0.3 is 0 Å². The van der Waals surface area contributed by atoms with Crippen molar-refractivity contribution in [1.29, 1.82) is 0 Å². The summed E-state index contributed by atoms with van der Waals surface area (Å²) < 4.78 is 4.95. The minimum atomic E-state index is 0.125. The van der Waals surface area contributed by atoms with Gasteiger partial charge in [-0.2, -0.15) is 0 Å². The van der Waals surface area contributed by atoms with Crippen LogP contribution in [0.15, 0.2) is 0 Å². The summed E-state index contributed by atoms with van der Waals surface area (Å²) >= 11 is 0. The molecule has 102 valence electrons. The molecule has 1 N–H and O–H groups in total. The van der Waals surface area contributed by atoms with Gasteiger partial charge in [-0.05, 0) is 24.7 Å². The van der Waals surface area contributed by atoms with Crippen LogP contribution in [0.1, 0.15) is 32.1 Å². The highest BCUT2D eigenvalue weighted by molar-refractivity contribution is 5.79. The van der Waals surface area contributed by atoms with E-state index in [0.29, 0.717) is 19.4 Å². The number of hydrogen-bond acceptors (Lipinski definition) is 3. The molecule has 2 fully saturated rings. The van der Waals surface area contributed by atoms with Gasteiger partial charge in [0.15, 0.2) is 0 Å². The molecule has 2 amide bonds. The fourth-order valence-corrected chi connectivity index (χ4v) is 2.86. The van der Waals surface area contributed by atoms with Gasteiger partial charge in [-0.15, -0.1) is 0 Å². The van der Waals surface area contributed by atoms with Crippen molar-refractivity contribution in [2.75, 3.05) is 33.4 Å². The summed E-state index contributed by atoms with van der Waals surface area (Å²) in [5, 5.41) is 2.91. The molecular weight excluding hydrogens is 232 g/mol. The quantitative estimate of drug-likeness (QED) is 0.745. The Balaban J connectivity index is 1.76. The molecule has 0 aromatic carbocycles. The summed E-state index contributed by atoms with van der Waals surface area (Å²) in [4.78, 5) is 25.2. The molecule has 0 aromatic heterocycles. The molecule has 5 nitrogen and oxygen atoms in total. The fraction of sp³-hybridized carbons (Fsp3) is 0.846. The van der Waals surface area contributed by atoms with Crippen LogP contribution in [-0.4, -0.2) is 50.1 Å². The molecule has 2 rings (SSSR count). The molecule has 0 saturated carbocycles. The zero-order valence-corrected chi connectivity index (χ0v) is 11.0. The highest BCUT2D eigenvalue weighted by atomic mass is 16.5. The fourth-order valence-electron chi connectivity index (χ4n) is 2.86. The second-order valence-corrected chi connectivity index (χ2v) is 5.43. The third-order valence-corrected chi connectivity index (χ3v) is 4.11. The van der Waals surface area contributed by atoms with Gasteiger partial charge < -0.3 is 15.0 Å². The lowest BCUT2D eigenvalue weighted by atomic mass is 9.77. The molecule has 1 spiro atoms. The van der Waals surface area contributed by atoms with Crippen molar-refractivity contribution in [3.8, 4) is 0 Å². The van der Waals surface area contributed by atoms with E-state index in [4.69, 9.17) is 4.74 Å². The largest absolute Gasteiger partial charge is 0.385 e. The first-order valence-electron chi connectivity index (χ1n) is 6.69. The Morgan fingerprint density at radius 1 is 1.44 bits per heavy atom. The standard InChI is InChI=1S/C13H22N2O3/c1-18-8-2-3-12(17)15-6-4-13(5-7-15)9-11(16)14-10-13/h2-10H2,1H3,(H,14,16). The molecule has 0 aromatic rings. The number of amides is 2. The second kappa shape index (κ2) is 5.69. The average molecular weight is 254 g/mol. The van der Waals surface area contributed by atoms with Crippen LogP contribution in [0.25, 0.3) is 0 Å². The Labute approximate surface area is 108 Å². The summed E-state index contributed by atoms with van der Waals surface area (Å²) in [5.74, 6) is 0.383. The van der Waals surface area contributed by atoms with Crippen LogP contribution in [-0.2, 0) is 14.3 Å². The van der Waals surface area contributed by atoms with E-state index in [0.717, 1.165) is 38.9 Å². The third kappa shape index (κ3) is 3.02. The molecule has 0 atom stereocenters. The molecule has 2 saturated heterocycles. The first-order chi connectivity index (χ1) is 8.65. The predicted molar refractivity (Wildman–Crippen MR) is 67.0 cm³/mol. The molecule has 2 aliphatic rings. The van der Waals surface area contributed by atoms with Crippen molar-refractivity contribution in [3.05, 3.63) is 0 Å². The van der Waals surface area contributed by atoms with E-state index in [2.05, 4.69) is 5.32 Å². The number of carbonyl (C=O) groups excluding carboxylic acids is 2. The number of rotatable bonds is 4. The third-order valence-electron chi connectivity index (χ3n) is 4.11. The van der Waals surface area contributed by atoms with Gasteiger partial charge in [-0.3, -0.25) is 9.59 Å². The first-order valence-corrected chi connectivity index (χ1v) is 6.69. The number of piperidine rings is 1. The highest BCUT2D eigenvalue weighted by Crippen LogP contribution is 2.37. The van der Waals surface area contributed by atoms with Gasteiger partial charge in [-0.25, -0.2) is 0 Å². The lowest BCUT2D eigenvalue weighted by molar-refractivity contribution is -0.133. The maximum atomic E-state index is 11.9. The minimum absolute atomic E-state index is 0.125. The van der Waals surface area contributed by atoms with E-state index < -0.39 is 0 Å². The monoisotopic (exact) mass is 254 g/mol. The van der Waals surface area contributed by atoms with Crippen molar-refractivity contribution in [3.63, 3.8) is 0 Å². The molecular formula is C13H22N2O3. The maximum Gasteiger partial charge on any atom is 0.222 e. The molecule has 0 radical (unpaired) electrons. The second-order valence-electron chi connectivity index (χ2n) is 5.43. The molecule has 0 bridgehead atoms. The Morgan fingerprint density at radius 2 is 2.17 bits per heavy atom. The summed E-state index contributed by atoms with van der Waals surface area (Å²) in [5.41, 5.74) is 0.125. The Hall–Kier alpha value is -1.10. The molecule has 0 unspecified atom stereocenters. The Morgan fingerprint density at radius 3 is 2.72 bits per heavy atom. The summed E-state index contributed by atoms with van der Waals surface area (Å²) in [7, 11) is 1.65. The van der Waals surface area contributed by atoms with Gasteiger partial charge in [0.25, 0.3) is 0 Å². The van der Waals surface area contributed by atoms with Gasteiger partial charge in [0.2, 0.25) is 11.8 Å². The van der Waals surface area contributed by atoms with Crippen LogP contribution < -0.4 is 5.32 Å². The number of hydrogen-bond donors (Lipinski definition) is 1.